The van der Waals surface area contributed by atoms with Gasteiger partial charge in [-0.25, -0.2) is 9.59 Å². The molecule has 106 valence electrons. The van der Waals surface area contributed by atoms with E-state index in [4.69, 9.17) is 16.3 Å². The second-order valence-corrected chi connectivity index (χ2v) is 4.61. The fraction of sp³-hybridized carbons (Fsp3) is 0.692. The van der Waals surface area contributed by atoms with Gasteiger partial charge in [0.05, 0.1) is 18.8 Å². The Hall–Kier alpha value is -1.74. The SMILES string of the molecule is C#CCC(NC(=O)N1CC(C)OCC1CC)C(=O)O. The van der Waals surface area contributed by atoms with Crippen molar-refractivity contribution in [2.75, 3.05) is 13.2 Å². The summed E-state index contributed by atoms with van der Waals surface area (Å²) in [5, 5.41) is 11.4. The Balaban J connectivity index is 2.68. The molecule has 0 aromatic heterocycles. The number of ether oxygens (including phenoxy) is 1. The zero-order valence-electron chi connectivity index (χ0n) is 11.3. The number of carbonyl (C=O) groups excluding carboxylic acids is 1. The van der Waals surface area contributed by atoms with Gasteiger partial charge in [0.25, 0.3) is 0 Å². The van der Waals surface area contributed by atoms with E-state index < -0.39 is 18.0 Å². The fourth-order valence-corrected chi connectivity index (χ4v) is 1.98. The van der Waals surface area contributed by atoms with Crippen molar-refractivity contribution in [1.82, 2.24) is 10.2 Å². The highest BCUT2D eigenvalue weighted by molar-refractivity contribution is 5.83. The summed E-state index contributed by atoms with van der Waals surface area (Å²) in [5.74, 6) is 1.13. The Labute approximate surface area is 113 Å². The number of hydrogen-bond acceptors (Lipinski definition) is 3. The number of rotatable bonds is 4. The first-order valence-corrected chi connectivity index (χ1v) is 6.34. The Morgan fingerprint density at radius 2 is 2.32 bits per heavy atom. The lowest BCUT2D eigenvalue weighted by Gasteiger charge is -2.38. The van der Waals surface area contributed by atoms with Gasteiger partial charge in [0.1, 0.15) is 6.04 Å². The summed E-state index contributed by atoms with van der Waals surface area (Å²) in [6, 6.07) is -1.48. The molecule has 3 atom stereocenters. The maximum Gasteiger partial charge on any atom is 0.327 e. The molecule has 1 aliphatic heterocycles. The molecule has 2 N–H and O–H groups in total. The molecule has 0 aromatic rings. The minimum Gasteiger partial charge on any atom is -0.480 e. The number of carboxylic acid groups (broad SMARTS) is 1. The molecule has 6 nitrogen and oxygen atoms in total. The van der Waals surface area contributed by atoms with Crippen LogP contribution in [0.3, 0.4) is 0 Å². The van der Waals surface area contributed by atoms with E-state index in [1.165, 1.54) is 0 Å². The first-order chi connectivity index (χ1) is 8.99. The van der Waals surface area contributed by atoms with Crippen molar-refractivity contribution in [2.45, 2.75) is 44.9 Å². The average molecular weight is 268 g/mol. The maximum absolute atomic E-state index is 12.1. The second-order valence-electron chi connectivity index (χ2n) is 4.61. The first-order valence-electron chi connectivity index (χ1n) is 6.34. The Morgan fingerprint density at radius 3 is 2.84 bits per heavy atom. The van der Waals surface area contributed by atoms with E-state index in [2.05, 4.69) is 11.2 Å². The van der Waals surface area contributed by atoms with Crippen LogP contribution >= 0.6 is 0 Å². The van der Waals surface area contributed by atoms with Crippen LogP contribution in [0.4, 0.5) is 4.79 Å². The van der Waals surface area contributed by atoms with Gasteiger partial charge in [0, 0.05) is 13.0 Å². The van der Waals surface area contributed by atoms with E-state index in [0.717, 1.165) is 6.42 Å². The molecular weight excluding hydrogens is 248 g/mol. The summed E-state index contributed by atoms with van der Waals surface area (Å²) in [6.07, 6.45) is 5.77. The fourth-order valence-electron chi connectivity index (χ4n) is 1.98. The summed E-state index contributed by atoms with van der Waals surface area (Å²) in [5.41, 5.74) is 0. The van der Waals surface area contributed by atoms with E-state index in [1.807, 2.05) is 13.8 Å². The quantitative estimate of drug-likeness (QED) is 0.735. The number of morpholine rings is 1. The summed E-state index contributed by atoms with van der Waals surface area (Å²) >= 11 is 0. The Morgan fingerprint density at radius 1 is 1.63 bits per heavy atom. The Bertz CT molecular complexity index is 377. The van der Waals surface area contributed by atoms with Gasteiger partial charge in [-0.1, -0.05) is 6.92 Å². The number of carboxylic acids is 1. The number of urea groups is 1. The van der Waals surface area contributed by atoms with Crippen LogP contribution in [0.25, 0.3) is 0 Å². The van der Waals surface area contributed by atoms with Gasteiger partial charge >= 0.3 is 12.0 Å². The molecule has 0 spiro atoms. The topological polar surface area (TPSA) is 78.9 Å². The minimum absolute atomic E-state index is 0.0300. The molecule has 1 rings (SSSR count). The summed E-state index contributed by atoms with van der Waals surface area (Å²) in [7, 11) is 0. The number of hydrogen-bond donors (Lipinski definition) is 2. The van der Waals surface area contributed by atoms with Crippen LogP contribution in [0, 0.1) is 12.3 Å². The van der Waals surface area contributed by atoms with Crippen LogP contribution in [-0.2, 0) is 9.53 Å². The van der Waals surface area contributed by atoms with Crippen molar-refractivity contribution in [3.05, 3.63) is 0 Å². The van der Waals surface area contributed by atoms with Crippen LogP contribution in [0.2, 0.25) is 0 Å². The number of aliphatic carboxylic acids is 1. The number of nitrogens with zero attached hydrogens (tertiary/aromatic N) is 1. The number of amides is 2. The average Bonchev–Trinajstić information content (AvgIpc) is 2.37. The highest BCUT2D eigenvalue weighted by Crippen LogP contribution is 2.14. The maximum atomic E-state index is 12.1. The smallest absolute Gasteiger partial charge is 0.327 e. The highest BCUT2D eigenvalue weighted by Gasteiger charge is 2.31. The molecule has 1 heterocycles. The molecule has 19 heavy (non-hydrogen) atoms. The molecule has 3 unspecified atom stereocenters. The van der Waals surface area contributed by atoms with Crippen LogP contribution in [0.5, 0.6) is 0 Å². The largest absolute Gasteiger partial charge is 0.480 e. The number of terminal acetylenes is 1. The molecule has 0 aliphatic carbocycles. The lowest BCUT2D eigenvalue weighted by molar-refractivity contribution is -0.139. The molecule has 0 saturated carbocycles. The van der Waals surface area contributed by atoms with Gasteiger partial charge in [-0.15, -0.1) is 12.3 Å². The lowest BCUT2D eigenvalue weighted by Crippen LogP contribution is -2.57. The summed E-state index contributed by atoms with van der Waals surface area (Å²) in [6.45, 7) is 4.76. The van der Waals surface area contributed by atoms with Crippen molar-refractivity contribution in [3.63, 3.8) is 0 Å². The van der Waals surface area contributed by atoms with Gasteiger partial charge in [-0.2, -0.15) is 0 Å². The van der Waals surface area contributed by atoms with Crippen molar-refractivity contribution >= 4 is 12.0 Å². The number of carbonyl (C=O) groups is 2. The van der Waals surface area contributed by atoms with E-state index in [9.17, 15) is 9.59 Å². The van der Waals surface area contributed by atoms with Gasteiger partial charge in [0.2, 0.25) is 0 Å². The van der Waals surface area contributed by atoms with Crippen LogP contribution in [0.15, 0.2) is 0 Å². The van der Waals surface area contributed by atoms with Gasteiger partial charge < -0.3 is 20.1 Å². The van der Waals surface area contributed by atoms with E-state index >= 15 is 0 Å². The zero-order valence-corrected chi connectivity index (χ0v) is 11.3. The monoisotopic (exact) mass is 268 g/mol. The van der Waals surface area contributed by atoms with Crippen molar-refractivity contribution in [2.24, 2.45) is 0 Å². The minimum atomic E-state index is -1.12. The molecule has 1 saturated heterocycles. The van der Waals surface area contributed by atoms with Crippen molar-refractivity contribution in [1.29, 1.82) is 0 Å². The van der Waals surface area contributed by atoms with Crippen LogP contribution in [-0.4, -0.2) is 53.3 Å². The highest BCUT2D eigenvalue weighted by atomic mass is 16.5. The van der Waals surface area contributed by atoms with Gasteiger partial charge in [-0.3, -0.25) is 0 Å². The normalized spacial score (nSPS) is 24.4. The lowest BCUT2D eigenvalue weighted by atomic mass is 10.1. The third-order valence-electron chi connectivity index (χ3n) is 3.12. The molecule has 0 bridgehead atoms. The molecule has 0 aromatic carbocycles. The summed E-state index contributed by atoms with van der Waals surface area (Å²) in [4.78, 5) is 24.7. The molecule has 1 fully saturated rings. The third-order valence-corrected chi connectivity index (χ3v) is 3.12. The predicted molar refractivity (Wildman–Crippen MR) is 69.6 cm³/mol. The summed E-state index contributed by atoms with van der Waals surface area (Å²) < 4.78 is 5.49. The van der Waals surface area contributed by atoms with Gasteiger partial charge in [0.15, 0.2) is 0 Å². The van der Waals surface area contributed by atoms with E-state index in [1.54, 1.807) is 4.90 Å². The standard InChI is InChI=1S/C13H20N2O4/c1-4-6-11(12(16)17)14-13(18)15-7-9(3)19-8-10(15)5-2/h1,9-11H,5-8H2,2-3H3,(H,14,18)(H,16,17). The second kappa shape index (κ2) is 7.00. The van der Waals surface area contributed by atoms with Crippen LogP contribution in [0.1, 0.15) is 26.7 Å². The van der Waals surface area contributed by atoms with Crippen LogP contribution < -0.4 is 5.32 Å². The van der Waals surface area contributed by atoms with E-state index in [-0.39, 0.29) is 18.6 Å². The van der Waals surface area contributed by atoms with Crippen molar-refractivity contribution < 1.29 is 19.4 Å². The molecule has 6 heteroatoms. The first kappa shape index (κ1) is 15.3. The molecule has 2 amide bonds. The van der Waals surface area contributed by atoms with Crippen molar-refractivity contribution in [3.8, 4) is 12.3 Å². The molecule has 0 radical (unpaired) electrons. The molecular formula is C13H20N2O4. The predicted octanol–water partition coefficient (Wildman–Crippen LogP) is 0.672. The number of nitrogens with one attached hydrogen (secondary N) is 1. The zero-order chi connectivity index (χ0) is 14.4. The molecule has 1 aliphatic rings. The Kier molecular flexibility index (Phi) is 5.64. The van der Waals surface area contributed by atoms with Gasteiger partial charge in [-0.05, 0) is 13.3 Å². The van der Waals surface area contributed by atoms with E-state index in [0.29, 0.717) is 13.2 Å². The third kappa shape index (κ3) is 4.14.